The molecule has 1 N–H and O–H groups in total. The average molecular weight is 411 g/mol. The van der Waals surface area contributed by atoms with E-state index in [0.29, 0.717) is 11.5 Å². The Bertz CT molecular complexity index is 1210. The van der Waals surface area contributed by atoms with E-state index in [1.165, 1.54) is 18.5 Å². The summed E-state index contributed by atoms with van der Waals surface area (Å²) in [5.41, 5.74) is 0.845. The molecule has 0 amide bonds. The first kappa shape index (κ1) is 18.7. The summed E-state index contributed by atoms with van der Waals surface area (Å²) in [6.07, 6.45) is 1.41. The van der Waals surface area contributed by atoms with Gasteiger partial charge in [0.25, 0.3) is 5.69 Å². The van der Waals surface area contributed by atoms with Gasteiger partial charge in [0.05, 0.1) is 4.92 Å². The molecule has 152 valence electrons. The summed E-state index contributed by atoms with van der Waals surface area (Å²) in [5.74, 6) is 0.285. The number of non-ortho nitro benzene ring substituents is 1. The Balaban J connectivity index is 1.76. The molecule has 1 aromatic heterocycles. The third-order valence-corrected chi connectivity index (χ3v) is 5.58. The standard InChI is InChI=1S/C23H17N5O3/c29-21-20(16-11-13-19(14-12-16)28(30)31)26-22-24-15-25-27(22)23(21,17-7-3-1-4-8-17)18-9-5-2-6-10-18/h1-15,20H,(H,24,25,26). The van der Waals surface area contributed by atoms with Crippen LogP contribution in [0, 0.1) is 10.1 Å². The molecule has 0 saturated heterocycles. The van der Waals surface area contributed by atoms with Crippen LogP contribution >= 0.6 is 0 Å². The van der Waals surface area contributed by atoms with Crippen molar-refractivity contribution >= 4 is 17.4 Å². The second-order valence-electron chi connectivity index (χ2n) is 7.23. The second kappa shape index (κ2) is 7.17. The smallest absolute Gasteiger partial charge is 0.269 e. The van der Waals surface area contributed by atoms with Gasteiger partial charge in [-0.2, -0.15) is 10.1 Å². The van der Waals surface area contributed by atoms with Gasteiger partial charge in [0.1, 0.15) is 12.4 Å². The molecule has 1 unspecified atom stereocenters. The normalized spacial score (nSPS) is 16.9. The number of benzene rings is 3. The second-order valence-corrected chi connectivity index (χ2v) is 7.23. The summed E-state index contributed by atoms with van der Waals surface area (Å²) in [6, 6.07) is 24.1. The van der Waals surface area contributed by atoms with E-state index < -0.39 is 16.5 Å². The lowest BCUT2D eigenvalue weighted by atomic mass is 9.74. The molecule has 1 aliphatic heterocycles. The number of nitro benzene ring substituents is 1. The molecule has 0 aliphatic carbocycles. The van der Waals surface area contributed by atoms with Gasteiger partial charge in [-0.25, -0.2) is 4.68 Å². The number of nitrogens with one attached hydrogen (secondary N) is 1. The van der Waals surface area contributed by atoms with Crippen LogP contribution in [0.3, 0.4) is 0 Å². The summed E-state index contributed by atoms with van der Waals surface area (Å²) in [6.45, 7) is 0. The highest BCUT2D eigenvalue weighted by Crippen LogP contribution is 2.44. The van der Waals surface area contributed by atoms with Gasteiger partial charge in [-0.3, -0.25) is 14.9 Å². The van der Waals surface area contributed by atoms with Gasteiger partial charge >= 0.3 is 0 Å². The summed E-state index contributed by atoms with van der Waals surface area (Å²) >= 11 is 0. The predicted molar refractivity (Wildman–Crippen MR) is 114 cm³/mol. The van der Waals surface area contributed by atoms with Crippen molar-refractivity contribution in [2.75, 3.05) is 5.32 Å². The fraction of sp³-hybridized carbons (Fsp3) is 0.0870. The van der Waals surface area contributed by atoms with Crippen molar-refractivity contribution < 1.29 is 9.72 Å². The molecule has 0 spiro atoms. The van der Waals surface area contributed by atoms with Crippen molar-refractivity contribution in [1.29, 1.82) is 0 Å². The van der Waals surface area contributed by atoms with Gasteiger partial charge in [-0.15, -0.1) is 0 Å². The Labute approximate surface area is 177 Å². The average Bonchev–Trinajstić information content (AvgIpc) is 3.29. The summed E-state index contributed by atoms with van der Waals surface area (Å²) < 4.78 is 1.61. The van der Waals surface area contributed by atoms with E-state index in [-0.39, 0.29) is 11.5 Å². The van der Waals surface area contributed by atoms with Gasteiger partial charge in [-0.05, 0) is 28.8 Å². The van der Waals surface area contributed by atoms with E-state index in [1.54, 1.807) is 16.8 Å². The Hall–Kier alpha value is -4.33. The number of rotatable bonds is 4. The fourth-order valence-corrected chi connectivity index (χ4v) is 4.17. The van der Waals surface area contributed by atoms with Gasteiger partial charge < -0.3 is 5.32 Å². The molecule has 4 aromatic rings. The zero-order valence-corrected chi connectivity index (χ0v) is 16.3. The zero-order valence-electron chi connectivity index (χ0n) is 16.3. The molecule has 3 aromatic carbocycles. The minimum Gasteiger partial charge on any atom is -0.340 e. The van der Waals surface area contributed by atoms with Crippen molar-refractivity contribution in [2.24, 2.45) is 0 Å². The monoisotopic (exact) mass is 411 g/mol. The Morgan fingerprint density at radius 1 is 0.903 bits per heavy atom. The Morgan fingerprint density at radius 2 is 1.48 bits per heavy atom. The van der Waals surface area contributed by atoms with Crippen LogP contribution in [0.25, 0.3) is 0 Å². The first-order chi connectivity index (χ1) is 15.1. The van der Waals surface area contributed by atoms with E-state index in [1.807, 2.05) is 60.7 Å². The van der Waals surface area contributed by atoms with E-state index in [0.717, 1.165) is 11.1 Å². The molecule has 31 heavy (non-hydrogen) atoms. The van der Waals surface area contributed by atoms with Gasteiger partial charge in [0.2, 0.25) is 5.95 Å². The fourth-order valence-electron chi connectivity index (χ4n) is 4.17. The predicted octanol–water partition coefficient (Wildman–Crippen LogP) is 3.71. The molecule has 8 nitrogen and oxygen atoms in total. The van der Waals surface area contributed by atoms with Crippen LogP contribution < -0.4 is 5.32 Å². The van der Waals surface area contributed by atoms with Gasteiger partial charge in [0.15, 0.2) is 11.3 Å². The molecule has 0 bridgehead atoms. The van der Waals surface area contributed by atoms with Crippen LogP contribution in [0.2, 0.25) is 0 Å². The van der Waals surface area contributed by atoms with E-state index in [4.69, 9.17) is 0 Å². The largest absolute Gasteiger partial charge is 0.340 e. The summed E-state index contributed by atoms with van der Waals surface area (Å²) in [5, 5.41) is 18.6. The summed E-state index contributed by atoms with van der Waals surface area (Å²) in [7, 11) is 0. The lowest BCUT2D eigenvalue weighted by Crippen LogP contribution is -2.52. The van der Waals surface area contributed by atoms with Crippen LogP contribution in [0.4, 0.5) is 11.6 Å². The number of hydrogen-bond acceptors (Lipinski definition) is 6. The number of aromatic nitrogens is 3. The number of carbonyl (C=O) groups is 1. The number of hydrogen-bond donors (Lipinski definition) is 1. The Morgan fingerprint density at radius 3 is 2.03 bits per heavy atom. The molecule has 8 heteroatoms. The molecule has 1 aliphatic rings. The number of fused-ring (bicyclic) bond motifs is 1. The molecule has 0 fully saturated rings. The molecule has 0 radical (unpaired) electrons. The van der Waals surface area contributed by atoms with E-state index in [2.05, 4.69) is 15.4 Å². The minimum absolute atomic E-state index is 0.0347. The lowest BCUT2D eigenvalue weighted by molar-refractivity contribution is -0.384. The molecular formula is C23H17N5O3. The van der Waals surface area contributed by atoms with Crippen LogP contribution in [0.15, 0.2) is 91.3 Å². The number of Topliss-reactive ketones (excluding diaryl/α,β-unsaturated/α-hetero) is 1. The SMILES string of the molecule is O=C1C(c2ccc([N+](=O)[O-])cc2)Nc2ncnn2C1(c1ccccc1)c1ccccc1. The van der Waals surface area contributed by atoms with Crippen LogP contribution in [0.5, 0.6) is 0 Å². The van der Waals surface area contributed by atoms with Crippen LogP contribution in [0.1, 0.15) is 22.7 Å². The van der Waals surface area contributed by atoms with E-state index >= 15 is 0 Å². The van der Waals surface area contributed by atoms with Crippen LogP contribution in [-0.4, -0.2) is 25.5 Å². The number of ketones is 1. The van der Waals surface area contributed by atoms with Crippen molar-refractivity contribution in [3.63, 3.8) is 0 Å². The van der Waals surface area contributed by atoms with Gasteiger partial charge in [-0.1, -0.05) is 60.7 Å². The van der Waals surface area contributed by atoms with Crippen molar-refractivity contribution in [2.45, 2.75) is 11.6 Å². The highest BCUT2D eigenvalue weighted by molar-refractivity contribution is 6.01. The van der Waals surface area contributed by atoms with Crippen molar-refractivity contribution in [3.8, 4) is 0 Å². The topological polar surface area (TPSA) is 103 Å². The number of carbonyl (C=O) groups excluding carboxylic acids is 1. The maximum absolute atomic E-state index is 14.2. The maximum atomic E-state index is 14.2. The van der Waals surface area contributed by atoms with Gasteiger partial charge in [0, 0.05) is 12.1 Å². The zero-order chi connectivity index (χ0) is 21.4. The molecule has 1 atom stereocenters. The van der Waals surface area contributed by atoms with Crippen molar-refractivity contribution in [3.05, 3.63) is 118 Å². The number of nitrogens with zero attached hydrogens (tertiary/aromatic N) is 4. The van der Waals surface area contributed by atoms with Crippen molar-refractivity contribution in [1.82, 2.24) is 14.8 Å². The quantitative estimate of drug-likeness (QED) is 0.406. The van der Waals surface area contributed by atoms with Crippen LogP contribution in [-0.2, 0) is 10.3 Å². The minimum atomic E-state index is -1.24. The molecular weight excluding hydrogens is 394 g/mol. The summed E-state index contributed by atoms with van der Waals surface area (Å²) in [4.78, 5) is 29.2. The number of nitro groups is 1. The first-order valence-corrected chi connectivity index (χ1v) is 9.69. The molecule has 2 heterocycles. The van der Waals surface area contributed by atoms with E-state index in [9.17, 15) is 14.9 Å². The number of anilines is 1. The highest BCUT2D eigenvalue weighted by Gasteiger charge is 2.52. The molecule has 0 saturated carbocycles. The third-order valence-electron chi connectivity index (χ3n) is 5.58. The molecule has 5 rings (SSSR count). The third kappa shape index (κ3) is 2.80. The maximum Gasteiger partial charge on any atom is 0.269 e. The lowest BCUT2D eigenvalue weighted by Gasteiger charge is -2.41. The highest BCUT2D eigenvalue weighted by atomic mass is 16.6. The Kier molecular flexibility index (Phi) is 4.32. The first-order valence-electron chi connectivity index (χ1n) is 9.69.